The van der Waals surface area contributed by atoms with Crippen LogP contribution in [0.25, 0.3) is 0 Å². The highest BCUT2D eigenvalue weighted by atomic mass is 32.2. The first-order valence-electron chi connectivity index (χ1n) is 14.4. The standard InChI is InChI=1S/C29H42F2O7S/c1-5-6-18-8-21-17(2)22(9-18)23(21)14-26(3,4)24(32)38-28-12-19-7-20(13-28)11-27(10-19,15-28)16-37-25(33)29(30,31)39(34,35)36/h18-23H,2,5-16H2,1,3-4H3,(H,34,35,36). The number of ether oxygens (including phenoxy) is 2. The fraction of sp³-hybridized carbons (Fsp3) is 0.862. The van der Waals surface area contributed by atoms with E-state index in [9.17, 15) is 26.8 Å². The highest BCUT2D eigenvalue weighted by Crippen LogP contribution is 2.64. The number of carbonyl (C=O) groups excluding carboxylic acids is 2. The number of allylic oxidation sites excluding steroid dienone is 1. The summed E-state index contributed by atoms with van der Waals surface area (Å²) in [7, 11) is -5.93. The fourth-order valence-corrected chi connectivity index (χ4v) is 9.72. The maximum absolute atomic E-state index is 13.8. The Morgan fingerprint density at radius 2 is 1.64 bits per heavy atom. The van der Waals surface area contributed by atoms with Gasteiger partial charge in [0.1, 0.15) is 5.60 Å². The van der Waals surface area contributed by atoms with Gasteiger partial charge >= 0.3 is 27.3 Å². The second kappa shape index (κ2) is 9.50. The predicted octanol–water partition coefficient (Wildman–Crippen LogP) is 5.94. The minimum atomic E-state index is -5.93. The molecule has 0 aromatic rings. The minimum Gasteiger partial charge on any atom is -0.460 e. The summed E-state index contributed by atoms with van der Waals surface area (Å²) in [5.74, 6) is 0.0604. The van der Waals surface area contributed by atoms with Crippen LogP contribution in [0.15, 0.2) is 12.2 Å². The summed E-state index contributed by atoms with van der Waals surface area (Å²) in [6, 6.07) is 0. The summed E-state index contributed by atoms with van der Waals surface area (Å²) < 4.78 is 69.4. The van der Waals surface area contributed by atoms with Crippen LogP contribution < -0.4 is 0 Å². The molecule has 0 heterocycles. The van der Waals surface area contributed by atoms with Gasteiger partial charge in [0.25, 0.3) is 0 Å². The average Bonchev–Trinajstić information content (AvgIpc) is 2.81. The molecular weight excluding hydrogens is 530 g/mol. The van der Waals surface area contributed by atoms with Gasteiger partial charge in [-0.05, 0) is 107 Å². The zero-order valence-electron chi connectivity index (χ0n) is 23.2. The van der Waals surface area contributed by atoms with Gasteiger partial charge in [0.15, 0.2) is 0 Å². The van der Waals surface area contributed by atoms with Crippen molar-refractivity contribution in [2.75, 3.05) is 6.61 Å². The van der Waals surface area contributed by atoms with Gasteiger partial charge in [-0.25, -0.2) is 4.79 Å². The van der Waals surface area contributed by atoms with Crippen LogP contribution in [0.1, 0.15) is 91.4 Å². The molecule has 6 bridgehead atoms. The number of hydrogen-bond acceptors (Lipinski definition) is 6. The van der Waals surface area contributed by atoms with E-state index < -0.39 is 37.8 Å². The Balaban J connectivity index is 1.24. The third kappa shape index (κ3) is 5.06. The highest BCUT2D eigenvalue weighted by Gasteiger charge is 2.62. The summed E-state index contributed by atoms with van der Waals surface area (Å²) >= 11 is 0. The van der Waals surface area contributed by atoms with Crippen LogP contribution in [0.3, 0.4) is 0 Å². The van der Waals surface area contributed by atoms with Crippen molar-refractivity contribution in [1.82, 2.24) is 0 Å². The lowest BCUT2D eigenvalue weighted by Crippen LogP contribution is -2.59. The molecule has 6 aliphatic rings. The molecule has 6 aliphatic carbocycles. The van der Waals surface area contributed by atoms with Crippen LogP contribution in [0.2, 0.25) is 0 Å². The first-order valence-corrected chi connectivity index (χ1v) is 15.9. The van der Waals surface area contributed by atoms with Gasteiger partial charge in [-0.3, -0.25) is 9.35 Å². The van der Waals surface area contributed by atoms with Crippen molar-refractivity contribution in [3.8, 4) is 0 Å². The number of esters is 2. The largest absolute Gasteiger partial charge is 0.465 e. The van der Waals surface area contributed by atoms with Crippen molar-refractivity contribution in [2.45, 2.75) is 102 Å². The normalized spacial score (nSPS) is 39.3. The third-order valence-corrected chi connectivity index (χ3v) is 11.5. The van der Waals surface area contributed by atoms with Crippen LogP contribution in [-0.2, 0) is 29.2 Å². The summed E-state index contributed by atoms with van der Waals surface area (Å²) in [6.07, 6.45) is 9.52. The molecule has 0 aliphatic heterocycles. The molecule has 6 rings (SSSR count). The highest BCUT2D eigenvalue weighted by molar-refractivity contribution is 7.87. The average molecular weight is 573 g/mol. The van der Waals surface area contributed by atoms with Gasteiger partial charge in [0.2, 0.25) is 0 Å². The summed E-state index contributed by atoms with van der Waals surface area (Å²) in [5.41, 5.74) is -0.730. The molecule has 7 nitrogen and oxygen atoms in total. The Hall–Kier alpha value is -1.55. The van der Waals surface area contributed by atoms with E-state index in [4.69, 9.17) is 14.0 Å². The summed E-state index contributed by atoms with van der Waals surface area (Å²) in [4.78, 5) is 25.6. The number of halogens is 2. The molecule has 0 spiro atoms. The molecule has 4 unspecified atom stereocenters. The quantitative estimate of drug-likeness (QED) is 0.196. The van der Waals surface area contributed by atoms with Crippen LogP contribution in [0, 0.1) is 46.3 Å². The zero-order valence-corrected chi connectivity index (χ0v) is 24.0. The second-order valence-electron chi connectivity index (χ2n) is 14.3. The van der Waals surface area contributed by atoms with Crippen LogP contribution >= 0.6 is 0 Å². The molecule has 1 N–H and O–H groups in total. The molecule has 4 atom stereocenters. The van der Waals surface area contributed by atoms with Crippen molar-refractivity contribution >= 4 is 22.1 Å². The monoisotopic (exact) mass is 572 g/mol. The summed E-state index contributed by atoms with van der Waals surface area (Å²) in [6.45, 7) is 10.1. The van der Waals surface area contributed by atoms with E-state index in [2.05, 4.69) is 13.5 Å². The van der Waals surface area contributed by atoms with Crippen molar-refractivity contribution in [3.63, 3.8) is 0 Å². The van der Waals surface area contributed by atoms with Gasteiger partial charge in [0, 0.05) is 5.41 Å². The number of carbonyl (C=O) groups is 2. The van der Waals surface area contributed by atoms with Crippen LogP contribution in [0.4, 0.5) is 8.78 Å². The molecule has 0 aromatic carbocycles. The first-order chi connectivity index (χ1) is 18.0. The van der Waals surface area contributed by atoms with Crippen molar-refractivity contribution < 1.29 is 40.8 Å². The van der Waals surface area contributed by atoms with Gasteiger partial charge in [-0.2, -0.15) is 17.2 Å². The van der Waals surface area contributed by atoms with Gasteiger partial charge < -0.3 is 9.47 Å². The molecule has 0 radical (unpaired) electrons. The topological polar surface area (TPSA) is 107 Å². The predicted molar refractivity (Wildman–Crippen MR) is 139 cm³/mol. The molecule has 220 valence electrons. The van der Waals surface area contributed by atoms with Crippen molar-refractivity contribution in [2.24, 2.45) is 46.3 Å². The molecule has 0 saturated heterocycles. The molecular formula is C29H42F2O7S. The Labute approximate surface area is 230 Å². The lowest BCUT2D eigenvalue weighted by Gasteiger charge is -2.61. The first kappa shape index (κ1) is 29.0. The molecule has 39 heavy (non-hydrogen) atoms. The number of hydrogen-bond donors (Lipinski definition) is 1. The van der Waals surface area contributed by atoms with E-state index >= 15 is 0 Å². The van der Waals surface area contributed by atoms with E-state index in [0.717, 1.165) is 31.6 Å². The Morgan fingerprint density at radius 3 is 2.18 bits per heavy atom. The van der Waals surface area contributed by atoms with E-state index in [0.29, 0.717) is 49.9 Å². The number of alkyl halides is 2. The van der Waals surface area contributed by atoms with Crippen molar-refractivity contribution in [3.05, 3.63) is 12.2 Å². The minimum absolute atomic E-state index is 0.216. The van der Waals surface area contributed by atoms with Crippen LogP contribution in [0.5, 0.6) is 0 Å². The summed E-state index contributed by atoms with van der Waals surface area (Å²) in [5, 5.41) is -5.02. The van der Waals surface area contributed by atoms with E-state index in [1.54, 1.807) is 0 Å². The Bertz CT molecular complexity index is 1120. The smallest absolute Gasteiger partial charge is 0.460 e. The van der Waals surface area contributed by atoms with E-state index in [-0.39, 0.29) is 24.4 Å². The lowest BCUT2D eigenvalue weighted by molar-refractivity contribution is -0.219. The SMILES string of the molecule is C=C1C2CC(CCC)CC1C2CC(C)(C)C(=O)OC12CC3CC(CC(COC(=O)C(F)(F)S(=O)(=O)O)(C3)C1)C2. The second-order valence-corrected chi connectivity index (χ2v) is 15.7. The molecule has 0 amide bonds. The maximum Gasteiger partial charge on any atom is 0.465 e. The van der Waals surface area contributed by atoms with Crippen molar-refractivity contribution in [1.29, 1.82) is 0 Å². The molecule has 6 fully saturated rings. The number of rotatable bonds is 10. The number of fused-ring (bicyclic) bond motifs is 2. The van der Waals surface area contributed by atoms with Gasteiger partial charge in [-0.1, -0.05) is 31.9 Å². The van der Waals surface area contributed by atoms with Gasteiger partial charge in [0.05, 0.1) is 12.0 Å². The zero-order chi connectivity index (χ0) is 28.6. The van der Waals surface area contributed by atoms with E-state index in [1.165, 1.54) is 18.4 Å². The van der Waals surface area contributed by atoms with Crippen LogP contribution in [-0.4, -0.2) is 42.4 Å². The van der Waals surface area contributed by atoms with Gasteiger partial charge in [-0.15, -0.1) is 0 Å². The Kier molecular flexibility index (Phi) is 7.05. The molecule has 6 saturated carbocycles. The molecule has 0 aromatic heterocycles. The molecule has 10 heteroatoms. The lowest BCUT2D eigenvalue weighted by atomic mass is 9.48. The third-order valence-electron chi connectivity index (χ3n) is 10.7. The maximum atomic E-state index is 13.8. The fourth-order valence-electron chi connectivity index (χ4n) is 9.45. The Morgan fingerprint density at radius 1 is 1.05 bits per heavy atom. The van der Waals surface area contributed by atoms with E-state index in [1.807, 2.05) is 13.8 Å².